The third-order valence-corrected chi connectivity index (χ3v) is 6.13. The molecule has 1 saturated heterocycles. The average Bonchev–Trinajstić information content (AvgIpc) is 2.40. The van der Waals surface area contributed by atoms with E-state index in [1.807, 2.05) is 12.1 Å². The van der Waals surface area contributed by atoms with E-state index in [0.717, 1.165) is 23.2 Å². The molecule has 1 N–H and O–H groups in total. The lowest BCUT2D eigenvalue weighted by molar-refractivity contribution is 0.549. The van der Waals surface area contributed by atoms with Crippen LogP contribution in [-0.4, -0.2) is 35.1 Å². The summed E-state index contributed by atoms with van der Waals surface area (Å²) in [7, 11) is 0. The summed E-state index contributed by atoms with van der Waals surface area (Å²) in [6.45, 7) is 3.39. The minimum atomic E-state index is 0.527. The molecule has 0 aliphatic carbocycles. The second-order valence-electron chi connectivity index (χ2n) is 4.71. The van der Waals surface area contributed by atoms with Crippen LogP contribution in [0.25, 0.3) is 0 Å². The predicted molar refractivity (Wildman–Crippen MR) is 86.2 cm³/mol. The van der Waals surface area contributed by atoms with Crippen LogP contribution in [0.3, 0.4) is 0 Å². The van der Waals surface area contributed by atoms with Gasteiger partial charge in [-0.1, -0.05) is 23.7 Å². The van der Waals surface area contributed by atoms with E-state index in [0.29, 0.717) is 6.04 Å². The van der Waals surface area contributed by atoms with Gasteiger partial charge in [0.25, 0.3) is 0 Å². The average molecular weight is 302 g/mol. The molecule has 0 bridgehead atoms. The molecule has 2 rings (SSSR count). The van der Waals surface area contributed by atoms with Gasteiger partial charge in [-0.15, -0.1) is 0 Å². The Balaban J connectivity index is 1.71. The largest absolute Gasteiger partial charge is 0.313 e. The smallest absolute Gasteiger partial charge is 0.0406 e. The van der Waals surface area contributed by atoms with Crippen LogP contribution < -0.4 is 5.32 Å². The zero-order valence-electron chi connectivity index (χ0n) is 10.7. The summed E-state index contributed by atoms with van der Waals surface area (Å²) >= 11 is 10.1. The van der Waals surface area contributed by atoms with Crippen LogP contribution in [0.1, 0.15) is 12.5 Å². The molecule has 1 heterocycles. The van der Waals surface area contributed by atoms with E-state index in [-0.39, 0.29) is 0 Å². The van der Waals surface area contributed by atoms with Gasteiger partial charge in [-0.3, -0.25) is 0 Å². The fraction of sp³-hybridized carbons (Fsp3) is 0.571. The van der Waals surface area contributed by atoms with E-state index in [2.05, 4.69) is 47.9 Å². The van der Waals surface area contributed by atoms with Crippen LogP contribution in [0.15, 0.2) is 24.3 Å². The molecule has 100 valence electrons. The number of hydrogen-bond donors (Lipinski definition) is 1. The van der Waals surface area contributed by atoms with Gasteiger partial charge in [0, 0.05) is 40.1 Å². The summed E-state index contributed by atoms with van der Waals surface area (Å²) in [6.07, 6.45) is 1.07. The number of benzene rings is 1. The number of hydrogen-bond acceptors (Lipinski definition) is 3. The maximum Gasteiger partial charge on any atom is 0.0406 e. The quantitative estimate of drug-likeness (QED) is 0.890. The molecule has 2 atom stereocenters. The molecule has 0 amide bonds. The molecule has 1 aromatic carbocycles. The lowest BCUT2D eigenvalue weighted by Crippen LogP contribution is -2.36. The van der Waals surface area contributed by atoms with Gasteiger partial charge in [0.2, 0.25) is 0 Å². The Hall–Kier alpha value is 0.170. The van der Waals surface area contributed by atoms with Crippen LogP contribution in [0.5, 0.6) is 0 Å². The Morgan fingerprint density at radius 3 is 2.78 bits per heavy atom. The molecule has 18 heavy (non-hydrogen) atoms. The van der Waals surface area contributed by atoms with Crippen molar-refractivity contribution in [2.45, 2.75) is 24.6 Å². The molecule has 0 spiro atoms. The van der Waals surface area contributed by atoms with Crippen molar-refractivity contribution in [1.82, 2.24) is 5.32 Å². The van der Waals surface area contributed by atoms with E-state index in [9.17, 15) is 0 Å². The molecular formula is C14H20ClNS2. The first-order chi connectivity index (χ1) is 8.74. The van der Waals surface area contributed by atoms with Crippen molar-refractivity contribution in [3.8, 4) is 0 Å². The van der Waals surface area contributed by atoms with Gasteiger partial charge < -0.3 is 5.32 Å². The molecule has 1 aromatic rings. The lowest BCUT2D eigenvalue weighted by Gasteiger charge is -2.23. The Morgan fingerprint density at radius 2 is 2.11 bits per heavy atom. The Kier molecular flexibility index (Phi) is 6.22. The zero-order chi connectivity index (χ0) is 12.8. The first-order valence-electron chi connectivity index (χ1n) is 6.41. The molecule has 1 aliphatic rings. The highest BCUT2D eigenvalue weighted by atomic mass is 35.5. The van der Waals surface area contributed by atoms with Gasteiger partial charge in [0.1, 0.15) is 0 Å². The minimum absolute atomic E-state index is 0.527. The number of nitrogens with one attached hydrogen (secondary N) is 1. The monoisotopic (exact) mass is 301 g/mol. The first kappa shape index (κ1) is 14.6. The highest BCUT2D eigenvalue weighted by molar-refractivity contribution is 8.06. The number of thioether (sulfide) groups is 2. The molecule has 0 radical (unpaired) electrons. The molecule has 1 aliphatic heterocycles. The van der Waals surface area contributed by atoms with Crippen LogP contribution in [-0.2, 0) is 6.42 Å². The summed E-state index contributed by atoms with van der Waals surface area (Å²) in [5.74, 6) is 3.93. The normalized spacial score (nSPS) is 21.8. The standard InChI is InChI=1S/C14H20ClNS2/c1-11(8-12-2-4-13(15)5-3-12)16-9-14-10-17-6-7-18-14/h2-5,11,14,16H,6-10H2,1H3. The molecule has 4 heteroatoms. The van der Waals surface area contributed by atoms with Crippen molar-refractivity contribution >= 4 is 35.1 Å². The number of rotatable bonds is 5. The first-order valence-corrected chi connectivity index (χ1v) is 8.99. The molecule has 1 nitrogen and oxygen atoms in total. The third-order valence-electron chi connectivity index (χ3n) is 3.03. The van der Waals surface area contributed by atoms with E-state index >= 15 is 0 Å². The molecule has 0 aromatic heterocycles. The van der Waals surface area contributed by atoms with E-state index in [1.54, 1.807) is 0 Å². The maximum atomic E-state index is 5.89. The Labute approximate surface area is 123 Å². The van der Waals surface area contributed by atoms with Gasteiger partial charge in [0.15, 0.2) is 0 Å². The Morgan fingerprint density at radius 1 is 1.33 bits per heavy atom. The fourth-order valence-corrected chi connectivity index (χ4v) is 4.78. The van der Waals surface area contributed by atoms with Crippen molar-refractivity contribution in [1.29, 1.82) is 0 Å². The van der Waals surface area contributed by atoms with Gasteiger partial charge in [-0.05, 0) is 31.0 Å². The van der Waals surface area contributed by atoms with Crippen molar-refractivity contribution in [2.75, 3.05) is 23.8 Å². The maximum absolute atomic E-state index is 5.89. The van der Waals surface area contributed by atoms with Gasteiger partial charge in [-0.25, -0.2) is 0 Å². The van der Waals surface area contributed by atoms with Crippen LogP contribution in [0.4, 0.5) is 0 Å². The highest BCUT2D eigenvalue weighted by Gasteiger charge is 2.14. The molecule has 1 fully saturated rings. The van der Waals surface area contributed by atoms with Gasteiger partial charge >= 0.3 is 0 Å². The summed E-state index contributed by atoms with van der Waals surface area (Å²) in [6, 6.07) is 8.70. The third kappa shape index (κ3) is 5.04. The minimum Gasteiger partial charge on any atom is -0.313 e. The van der Waals surface area contributed by atoms with Crippen molar-refractivity contribution in [3.63, 3.8) is 0 Å². The van der Waals surface area contributed by atoms with Crippen molar-refractivity contribution in [3.05, 3.63) is 34.9 Å². The Bertz CT molecular complexity index is 349. The fourth-order valence-electron chi connectivity index (χ4n) is 2.03. The topological polar surface area (TPSA) is 12.0 Å². The van der Waals surface area contributed by atoms with E-state index in [1.165, 1.54) is 22.8 Å². The second-order valence-corrected chi connectivity index (χ2v) is 7.70. The van der Waals surface area contributed by atoms with Crippen LogP contribution >= 0.6 is 35.1 Å². The van der Waals surface area contributed by atoms with Gasteiger partial charge in [-0.2, -0.15) is 23.5 Å². The SMILES string of the molecule is CC(Cc1ccc(Cl)cc1)NCC1CSCCS1. The summed E-state index contributed by atoms with van der Waals surface area (Å²) in [5.41, 5.74) is 1.35. The summed E-state index contributed by atoms with van der Waals surface area (Å²) < 4.78 is 0. The molecule has 2 unspecified atom stereocenters. The van der Waals surface area contributed by atoms with E-state index < -0.39 is 0 Å². The highest BCUT2D eigenvalue weighted by Crippen LogP contribution is 2.23. The summed E-state index contributed by atoms with van der Waals surface area (Å²) in [5, 5.41) is 5.25. The lowest BCUT2D eigenvalue weighted by atomic mass is 10.1. The van der Waals surface area contributed by atoms with Crippen molar-refractivity contribution < 1.29 is 0 Å². The zero-order valence-corrected chi connectivity index (χ0v) is 13.1. The molecular weight excluding hydrogens is 282 g/mol. The number of halogens is 1. The van der Waals surface area contributed by atoms with Crippen LogP contribution in [0.2, 0.25) is 5.02 Å². The predicted octanol–water partition coefficient (Wildman–Crippen LogP) is 3.71. The van der Waals surface area contributed by atoms with Crippen molar-refractivity contribution in [2.24, 2.45) is 0 Å². The van der Waals surface area contributed by atoms with Gasteiger partial charge in [0.05, 0.1) is 0 Å². The van der Waals surface area contributed by atoms with Crippen LogP contribution in [0, 0.1) is 0 Å². The summed E-state index contributed by atoms with van der Waals surface area (Å²) in [4.78, 5) is 0. The molecule has 0 saturated carbocycles. The second kappa shape index (κ2) is 7.68. The van der Waals surface area contributed by atoms with E-state index in [4.69, 9.17) is 11.6 Å².